The van der Waals surface area contributed by atoms with Gasteiger partial charge in [-0.2, -0.15) is 4.57 Å². The number of aryl methyl sites for hydroxylation is 1. The highest BCUT2D eigenvalue weighted by molar-refractivity contribution is 8.03. The van der Waals surface area contributed by atoms with Crippen LogP contribution in [0.15, 0.2) is 172 Å². The van der Waals surface area contributed by atoms with E-state index in [1.165, 1.54) is 0 Å². The number of thioether (sulfide) groups is 1. The number of benzene rings is 5. The molecule has 17 heteroatoms. The van der Waals surface area contributed by atoms with Gasteiger partial charge >= 0.3 is 11.9 Å². The maximum absolute atomic E-state index is 13.5. The Morgan fingerprint density at radius 1 is 0.784 bits per heavy atom. The molecule has 74 heavy (non-hydrogen) atoms. The fourth-order valence-electron chi connectivity index (χ4n) is 8.16. The minimum absolute atomic E-state index is 0.0493. The molecule has 2 atom stereocenters. The fraction of sp³-hybridized carbons (Fsp3) is 0.175. The van der Waals surface area contributed by atoms with Gasteiger partial charge in [-0.25, -0.2) is 20.1 Å². The number of carbonyl (C=O) groups is 2. The van der Waals surface area contributed by atoms with Crippen LogP contribution in [0.3, 0.4) is 0 Å². The van der Waals surface area contributed by atoms with E-state index in [2.05, 4.69) is 103 Å². The Kier molecular flexibility index (Phi) is 19.3. The highest BCUT2D eigenvalue weighted by Gasteiger charge is 2.30. The quantitative estimate of drug-likeness (QED) is 0.0134. The van der Waals surface area contributed by atoms with Crippen LogP contribution in [0.1, 0.15) is 65.3 Å². The lowest BCUT2D eigenvalue weighted by Crippen LogP contribution is -2.36. The van der Waals surface area contributed by atoms with E-state index in [0.29, 0.717) is 42.8 Å². The summed E-state index contributed by atoms with van der Waals surface area (Å²) < 4.78 is 23.6. The van der Waals surface area contributed by atoms with Gasteiger partial charge in [0.1, 0.15) is 16.6 Å². The lowest BCUT2D eigenvalue weighted by Gasteiger charge is -2.28. The lowest BCUT2D eigenvalue weighted by molar-refractivity contribution is -0.669. The zero-order chi connectivity index (χ0) is 51.7. The first-order valence-electron chi connectivity index (χ1n) is 23.2. The summed E-state index contributed by atoms with van der Waals surface area (Å²) in [6.07, 6.45) is 18.9. The summed E-state index contributed by atoms with van der Waals surface area (Å²) in [6, 6.07) is 40.6. The van der Waals surface area contributed by atoms with E-state index in [4.69, 9.17) is 35.1 Å². The monoisotopic (exact) mass is 1060 g/mol. The van der Waals surface area contributed by atoms with Gasteiger partial charge < -0.3 is 19.3 Å². The molecule has 0 radical (unpaired) electrons. The topological polar surface area (TPSA) is 140 Å². The van der Waals surface area contributed by atoms with Gasteiger partial charge in [-0.3, -0.25) is 0 Å². The van der Waals surface area contributed by atoms with Gasteiger partial charge in [-0.15, -0.1) is 15.1 Å². The fourth-order valence-corrected chi connectivity index (χ4v) is 11.0. The molecule has 1 aromatic heterocycles. The van der Waals surface area contributed by atoms with Crippen LogP contribution in [0, 0.1) is 36.2 Å². The number of carbonyl (C=O) groups excluding carboxylic acids is 2. The van der Waals surface area contributed by atoms with Crippen molar-refractivity contribution in [1.82, 2.24) is 0 Å². The van der Waals surface area contributed by atoms with Gasteiger partial charge in [-0.1, -0.05) is 108 Å². The molecule has 6 aromatic rings. The van der Waals surface area contributed by atoms with Crippen molar-refractivity contribution in [3.63, 3.8) is 0 Å². The van der Waals surface area contributed by atoms with E-state index in [1.54, 1.807) is 53.4 Å². The van der Waals surface area contributed by atoms with Crippen LogP contribution < -0.4 is 19.1 Å². The van der Waals surface area contributed by atoms with Crippen molar-refractivity contribution in [3.05, 3.63) is 184 Å². The Morgan fingerprint density at radius 3 is 2.14 bits per heavy atom. The highest BCUT2D eigenvalue weighted by Crippen LogP contribution is 2.48. The zero-order valence-electron chi connectivity index (χ0n) is 40.0. The van der Waals surface area contributed by atoms with Gasteiger partial charge in [-0.05, 0) is 121 Å². The molecule has 0 fully saturated rings. The number of allylic oxidation sites excluding steroid dienone is 5. The van der Waals surface area contributed by atoms with Crippen molar-refractivity contribution in [2.75, 3.05) is 16.3 Å². The Morgan fingerprint density at radius 2 is 1.45 bits per heavy atom. The minimum Gasteiger partial charge on any atom is -0.423 e. The molecule has 5 aromatic carbocycles. The third-order valence-electron chi connectivity index (χ3n) is 11.6. The zero-order valence-corrected chi connectivity index (χ0v) is 43.3. The number of hydrogen-bond acceptors (Lipinski definition) is 16. The van der Waals surface area contributed by atoms with Crippen molar-refractivity contribution >= 4 is 92.5 Å². The van der Waals surface area contributed by atoms with E-state index in [9.17, 15) is 9.59 Å². The molecule has 1 aliphatic carbocycles. The number of nitrogens with zero attached hydrogens (tertiary/aromatic N) is 3. The van der Waals surface area contributed by atoms with Crippen LogP contribution in [-0.2, 0) is 30.0 Å². The Labute approximate surface area is 446 Å². The van der Waals surface area contributed by atoms with Crippen LogP contribution in [0.25, 0.3) is 16.3 Å². The van der Waals surface area contributed by atoms with E-state index >= 15 is 0 Å². The van der Waals surface area contributed by atoms with E-state index in [1.807, 2.05) is 86.6 Å². The van der Waals surface area contributed by atoms with Crippen molar-refractivity contribution < 1.29 is 52.9 Å². The Hall–Kier alpha value is -7.02. The lowest BCUT2D eigenvalue weighted by atomic mass is 10.1. The van der Waals surface area contributed by atoms with Crippen molar-refractivity contribution in [2.45, 2.75) is 61.5 Å². The minimum atomic E-state index is -0.626. The second kappa shape index (κ2) is 26.8. The van der Waals surface area contributed by atoms with Gasteiger partial charge in [0.15, 0.2) is 6.54 Å². The van der Waals surface area contributed by atoms with Crippen LogP contribution in [0.4, 0.5) is 17.1 Å². The smallest absolute Gasteiger partial charge is 0.352 e. The molecule has 0 saturated heterocycles. The summed E-state index contributed by atoms with van der Waals surface area (Å²) in [7, 11) is 0. The molecule has 0 bridgehead atoms. The molecule has 0 spiro atoms. The van der Waals surface area contributed by atoms with E-state index < -0.39 is 11.9 Å². The van der Waals surface area contributed by atoms with Gasteiger partial charge in [0.25, 0.3) is 5.01 Å². The largest absolute Gasteiger partial charge is 0.423 e. The predicted molar refractivity (Wildman–Crippen MR) is 292 cm³/mol. The number of fused-ring (bicyclic) bond motifs is 2. The molecule has 8 rings (SSSR count). The average Bonchev–Trinajstić information content (AvgIpc) is 4.12. The molecule has 2 N–H and O–H groups in total. The van der Waals surface area contributed by atoms with Crippen LogP contribution in [0.5, 0.6) is 5.75 Å². The number of anilines is 3. The summed E-state index contributed by atoms with van der Waals surface area (Å²) >= 11 is 5.24. The molecule has 0 saturated carbocycles. The predicted octanol–water partition coefficient (Wildman–Crippen LogP) is 13.1. The van der Waals surface area contributed by atoms with E-state index in [0.717, 1.165) is 96.0 Å². The maximum Gasteiger partial charge on any atom is 0.352 e. The summed E-state index contributed by atoms with van der Waals surface area (Å²) in [6.45, 7) is 5.05. The highest BCUT2D eigenvalue weighted by atomic mass is 32.2. The van der Waals surface area contributed by atoms with Crippen LogP contribution in [0.2, 0.25) is 0 Å². The average molecular weight is 1060 g/mol. The number of terminal acetylenes is 1. The Bertz CT molecular complexity index is 3220. The summed E-state index contributed by atoms with van der Waals surface area (Å²) in [4.78, 5) is 32.1. The second-order valence-corrected chi connectivity index (χ2v) is 20.9. The SMILES string of the molecule is C#CC#CC#COC(=O)c1ccc2sc(/C=C/C3=C(N(c4ccccc4)c4ccccc4)C(=C/C=C4\Sc5ccc(C(=O)Oc6ccccc6)cc5N4CCC(C)SOOO)/CC3)[n+](CCC(C)SOOO)c2c1. The number of esters is 2. The molecule has 0 amide bonds. The van der Waals surface area contributed by atoms with Gasteiger partial charge in [0.05, 0.1) is 27.5 Å². The standard InChI is InChI=1S/C57H47N3O10S4/c1-4-5-6-16-37-65-56(61)44-25-29-51-49(38-44)58(35-33-40(2)73-69-67-63)53(71-51)31-27-42-23-24-43(55(42)60(46-17-10-7-11-18-46)47-19-12-8-13-20-47)28-32-54-59(36-34-41(3)74-70-68-64)50-39-45(26-30-52(50)72-54)57(62)66-48-21-14-9-15-22-48/h1,7-15,17-22,25-32,38-41H,23-24,33-36H2,2-3H3,(H-,63,64)/p+1. The molecular weight excluding hydrogens is 1010 g/mol. The third-order valence-corrected chi connectivity index (χ3v) is 15.3. The van der Waals surface area contributed by atoms with Crippen molar-refractivity contribution in [1.29, 1.82) is 0 Å². The summed E-state index contributed by atoms with van der Waals surface area (Å²) in [5.41, 5.74) is 7.68. The molecule has 1 aliphatic heterocycles. The van der Waals surface area contributed by atoms with Crippen molar-refractivity contribution in [2.24, 2.45) is 0 Å². The van der Waals surface area contributed by atoms with E-state index in [-0.39, 0.29) is 10.5 Å². The first kappa shape index (κ1) is 53.3. The molecule has 2 unspecified atom stereocenters. The van der Waals surface area contributed by atoms with Gasteiger partial charge in [0, 0.05) is 87.8 Å². The van der Waals surface area contributed by atoms with Gasteiger partial charge in [0.2, 0.25) is 5.52 Å². The first-order chi connectivity index (χ1) is 36.2. The number of thiazole rings is 1. The number of ether oxygens (including phenoxy) is 2. The van der Waals surface area contributed by atoms with Crippen LogP contribution >= 0.6 is 47.2 Å². The molecule has 2 heterocycles. The second-order valence-electron chi connectivity index (χ2n) is 16.5. The van der Waals surface area contributed by atoms with Crippen molar-refractivity contribution in [3.8, 4) is 42.0 Å². The van der Waals surface area contributed by atoms with Crippen LogP contribution in [-0.4, -0.2) is 39.5 Å². The summed E-state index contributed by atoms with van der Waals surface area (Å²) in [5.74, 6) is 8.76. The molecule has 13 nitrogen and oxygen atoms in total. The number of aromatic nitrogens is 1. The molecule has 2 aliphatic rings. The Balaban J connectivity index is 1.20. The first-order valence-corrected chi connectivity index (χ1v) is 26.5. The molecular formula is C57H48N3O10S4+. The molecule has 374 valence electrons. The normalized spacial score (nSPS) is 14.8. The maximum atomic E-state index is 13.5. The number of hydrogen-bond donors (Lipinski definition) is 2. The third kappa shape index (κ3) is 13.8. The number of para-hydroxylation sites is 3. The number of rotatable bonds is 21. The summed E-state index contributed by atoms with van der Waals surface area (Å²) in [5, 5.41) is 27.2.